The number of hydrogen-bond acceptors (Lipinski definition) is 6. The van der Waals surface area contributed by atoms with E-state index in [0.29, 0.717) is 17.2 Å². The molecule has 4 rings (SSSR count). The Bertz CT molecular complexity index is 1090. The highest BCUT2D eigenvalue weighted by atomic mass is 16.5. The lowest BCUT2D eigenvalue weighted by Crippen LogP contribution is -2.21. The zero-order valence-corrected chi connectivity index (χ0v) is 15.4. The maximum Gasteiger partial charge on any atom is 0.244 e. The summed E-state index contributed by atoms with van der Waals surface area (Å²) in [4.78, 5) is 0. The number of nitrogens with one attached hydrogen (secondary N) is 1. The van der Waals surface area contributed by atoms with Crippen molar-refractivity contribution in [1.82, 2.24) is 10.2 Å². The first-order valence-corrected chi connectivity index (χ1v) is 8.61. The highest BCUT2D eigenvalue weighted by molar-refractivity contribution is 5.72. The Labute approximate surface area is 162 Å². The minimum absolute atomic E-state index is 0.0405. The van der Waals surface area contributed by atoms with Crippen LogP contribution in [0.15, 0.2) is 60.0 Å². The standard InChI is InChI=1S/C21H18N4O3/c1-26-13-9-7-12(8-10-13)19-18-17(14-5-3-4-6-16(14)27-2)15(11-22)20(23)28-21(18)25-24-19/h3-10,17H,23H2,1-2H3,(H,24,25). The minimum Gasteiger partial charge on any atom is -0.497 e. The van der Waals surface area contributed by atoms with E-state index >= 15 is 0 Å². The molecule has 0 spiro atoms. The third-order valence-corrected chi connectivity index (χ3v) is 4.77. The number of nitrogens with two attached hydrogens (primary N) is 1. The van der Waals surface area contributed by atoms with Gasteiger partial charge in [0.1, 0.15) is 23.1 Å². The molecule has 1 aliphatic rings. The number of methoxy groups -OCH3 is 2. The molecule has 0 radical (unpaired) electrons. The molecular weight excluding hydrogens is 356 g/mol. The number of H-pyrrole nitrogens is 1. The lowest BCUT2D eigenvalue weighted by atomic mass is 9.82. The van der Waals surface area contributed by atoms with Crippen LogP contribution in [0, 0.1) is 11.3 Å². The van der Waals surface area contributed by atoms with Gasteiger partial charge in [-0.3, -0.25) is 5.10 Å². The SMILES string of the molecule is COc1ccc(-c2[nH]nc3c2C(c2ccccc2OC)C(C#N)=C(N)O3)cc1. The van der Waals surface area contributed by atoms with Crippen molar-refractivity contribution in [3.63, 3.8) is 0 Å². The molecule has 0 fully saturated rings. The average Bonchev–Trinajstić information content (AvgIpc) is 3.16. The Morgan fingerprint density at radius 2 is 1.86 bits per heavy atom. The Morgan fingerprint density at radius 1 is 1.11 bits per heavy atom. The van der Waals surface area contributed by atoms with E-state index in [9.17, 15) is 5.26 Å². The van der Waals surface area contributed by atoms with Crippen LogP contribution in [0.3, 0.4) is 0 Å². The largest absolute Gasteiger partial charge is 0.497 e. The van der Waals surface area contributed by atoms with Gasteiger partial charge in [0.05, 0.1) is 31.4 Å². The number of rotatable bonds is 4. The maximum absolute atomic E-state index is 9.79. The number of nitrogens with zero attached hydrogens (tertiary/aromatic N) is 2. The van der Waals surface area contributed by atoms with Gasteiger partial charge in [-0.15, -0.1) is 5.10 Å². The third kappa shape index (κ3) is 2.72. The van der Waals surface area contributed by atoms with Crippen LogP contribution in [0.4, 0.5) is 0 Å². The summed E-state index contributed by atoms with van der Waals surface area (Å²) in [6.07, 6.45) is 0. The summed E-state index contributed by atoms with van der Waals surface area (Å²) in [6, 6.07) is 17.3. The van der Waals surface area contributed by atoms with Gasteiger partial charge in [-0.2, -0.15) is 5.26 Å². The zero-order chi connectivity index (χ0) is 19.7. The van der Waals surface area contributed by atoms with Crippen LogP contribution in [-0.4, -0.2) is 24.4 Å². The zero-order valence-electron chi connectivity index (χ0n) is 15.4. The molecule has 1 atom stereocenters. The van der Waals surface area contributed by atoms with Crippen molar-refractivity contribution >= 4 is 0 Å². The fourth-order valence-electron chi connectivity index (χ4n) is 3.44. The predicted molar refractivity (Wildman–Crippen MR) is 103 cm³/mol. The number of nitriles is 1. The average molecular weight is 374 g/mol. The van der Waals surface area contributed by atoms with Gasteiger partial charge in [0.25, 0.3) is 0 Å². The van der Waals surface area contributed by atoms with Crippen LogP contribution < -0.4 is 19.9 Å². The van der Waals surface area contributed by atoms with Gasteiger partial charge in [0.15, 0.2) is 0 Å². The first kappa shape index (κ1) is 17.5. The molecule has 2 heterocycles. The molecule has 0 saturated carbocycles. The highest BCUT2D eigenvalue weighted by Gasteiger charge is 2.36. The fourth-order valence-corrected chi connectivity index (χ4v) is 3.44. The number of hydrogen-bond donors (Lipinski definition) is 2. The molecule has 0 bridgehead atoms. The smallest absolute Gasteiger partial charge is 0.244 e. The molecule has 7 nitrogen and oxygen atoms in total. The van der Waals surface area contributed by atoms with Gasteiger partial charge in [-0.05, 0) is 30.3 Å². The molecule has 3 aromatic rings. The summed E-state index contributed by atoms with van der Waals surface area (Å²) in [5.74, 6) is 1.32. The number of aromatic amines is 1. The number of benzene rings is 2. The van der Waals surface area contributed by atoms with Gasteiger partial charge in [0.2, 0.25) is 11.8 Å². The third-order valence-electron chi connectivity index (χ3n) is 4.77. The summed E-state index contributed by atoms with van der Waals surface area (Å²) >= 11 is 0. The van der Waals surface area contributed by atoms with Crippen molar-refractivity contribution in [2.24, 2.45) is 5.73 Å². The maximum atomic E-state index is 9.79. The van der Waals surface area contributed by atoms with E-state index in [0.717, 1.165) is 28.1 Å². The van der Waals surface area contributed by atoms with Gasteiger partial charge in [-0.1, -0.05) is 18.2 Å². The van der Waals surface area contributed by atoms with E-state index in [2.05, 4.69) is 16.3 Å². The summed E-state index contributed by atoms with van der Waals surface area (Å²) in [6.45, 7) is 0. The van der Waals surface area contributed by atoms with Crippen LogP contribution >= 0.6 is 0 Å². The molecule has 1 aliphatic heterocycles. The van der Waals surface area contributed by atoms with Crippen LogP contribution in [0.2, 0.25) is 0 Å². The van der Waals surface area contributed by atoms with E-state index in [-0.39, 0.29) is 5.88 Å². The second-order valence-electron chi connectivity index (χ2n) is 6.21. The monoisotopic (exact) mass is 374 g/mol. The number of fused-ring (bicyclic) bond motifs is 1. The van der Waals surface area contributed by atoms with Crippen molar-refractivity contribution in [1.29, 1.82) is 5.26 Å². The van der Waals surface area contributed by atoms with Crippen molar-refractivity contribution in [2.45, 2.75) is 5.92 Å². The molecule has 0 aliphatic carbocycles. The molecule has 1 aromatic heterocycles. The Kier molecular flexibility index (Phi) is 4.38. The quantitative estimate of drug-likeness (QED) is 0.726. The molecule has 0 amide bonds. The second kappa shape index (κ2) is 7.00. The Balaban J connectivity index is 1.94. The van der Waals surface area contributed by atoms with Crippen molar-refractivity contribution in [2.75, 3.05) is 14.2 Å². The number of para-hydroxylation sites is 1. The second-order valence-corrected chi connectivity index (χ2v) is 6.21. The molecule has 140 valence electrons. The molecule has 0 saturated heterocycles. The van der Waals surface area contributed by atoms with E-state index in [1.54, 1.807) is 14.2 Å². The summed E-state index contributed by atoms with van der Waals surface area (Å²) < 4.78 is 16.4. The number of aromatic nitrogens is 2. The van der Waals surface area contributed by atoms with E-state index in [1.807, 2.05) is 48.5 Å². The lowest BCUT2D eigenvalue weighted by Gasteiger charge is -2.25. The molecule has 28 heavy (non-hydrogen) atoms. The summed E-state index contributed by atoms with van der Waals surface area (Å²) in [5, 5.41) is 17.1. The normalized spacial score (nSPS) is 15.4. The highest BCUT2D eigenvalue weighted by Crippen LogP contribution is 2.47. The van der Waals surface area contributed by atoms with Crippen molar-refractivity contribution in [3.8, 4) is 34.7 Å². The van der Waals surface area contributed by atoms with Gasteiger partial charge < -0.3 is 19.9 Å². The Hall–Kier alpha value is -3.92. The van der Waals surface area contributed by atoms with Crippen LogP contribution in [-0.2, 0) is 0 Å². The fraction of sp³-hybridized carbons (Fsp3) is 0.143. The van der Waals surface area contributed by atoms with E-state index < -0.39 is 5.92 Å². The van der Waals surface area contributed by atoms with Crippen molar-refractivity contribution < 1.29 is 14.2 Å². The van der Waals surface area contributed by atoms with Crippen molar-refractivity contribution in [3.05, 3.63) is 71.1 Å². The van der Waals surface area contributed by atoms with E-state index in [4.69, 9.17) is 19.9 Å². The van der Waals surface area contributed by atoms with Gasteiger partial charge in [-0.25, -0.2) is 0 Å². The molecular formula is C21H18N4O3. The first-order chi connectivity index (χ1) is 13.7. The van der Waals surface area contributed by atoms with Gasteiger partial charge >= 0.3 is 0 Å². The molecule has 2 aromatic carbocycles. The topological polar surface area (TPSA) is 106 Å². The van der Waals surface area contributed by atoms with Gasteiger partial charge in [0, 0.05) is 11.1 Å². The summed E-state index contributed by atoms with van der Waals surface area (Å²) in [7, 11) is 3.21. The number of allylic oxidation sites excluding steroid dienone is 1. The molecule has 7 heteroatoms. The van der Waals surface area contributed by atoms with E-state index in [1.165, 1.54) is 0 Å². The molecule has 1 unspecified atom stereocenters. The van der Waals surface area contributed by atoms with Crippen LogP contribution in [0.1, 0.15) is 17.0 Å². The molecule has 3 N–H and O–H groups in total. The first-order valence-electron chi connectivity index (χ1n) is 8.61. The minimum atomic E-state index is -0.472. The number of ether oxygens (including phenoxy) is 3. The Morgan fingerprint density at radius 3 is 2.54 bits per heavy atom. The van der Waals surface area contributed by atoms with Crippen LogP contribution in [0.25, 0.3) is 11.3 Å². The van der Waals surface area contributed by atoms with Crippen LogP contribution in [0.5, 0.6) is 17.4 Å². The summed E-state index contributed by atoms with van der Waals surface area (Å²) in [5.41, 5.74) is 9.52. The predicted octanol–water partition coefficient (Wildman–Crippen LogP) is 3.31. The lowest BCUT2D eigenvalue weighted by molar-refractivity contribution is 0.375.